The van der Waals surface area contributed by atoms with Crippen molar-refractivity contribution in [1.82, 2.24) is 10.6 Å². The average molecular weight is 289 g/mol. The topological polar surface area (TPSA) is 50.4 Å². The van der Waals surface area contributed by atoms with E-state index in [9.17, 15) is 9.18 Å². The molecule has 1 atom stereocenters. The van der Waals surface area contributed by atoms with Crippen LogP contribution in [0.5, 0.6) is 5.75 Å². The van der Waals surface area contributed by atoms with Gasteiger partial charge in [-0.2, -0.15) is 0 Å². The minimum Gasteiger partial charge on any atom is -0.497 e. The summed E-state index contributed by atoms with van der Waals surface area (Å²) in [6.07, 6.45) is 1.05. The molecule has 0 spiro atoms. The van der Waals surface area contributed by atoms with Gasteiger partial charge in [0.15, 0.2) is 0 Å². The quantitative estimate of drug-likeness (QED) is 0.885. The van der Waals surface area contributed by atoms with Gasteiger partial charge in [-0.3, -0.25) is 4.79 Å². The Bertz CT molecular complexity index is 437. The molecular weight excluding hydrogens is 271 g/mol. The average Bonchev–Trinajstić information content (AvgIpc) is 2.88. The minimum absolute atomic E-state index is 0. The second kappa shape index (κ2) is 7.31. The van der Waals surface area contributed by atoms with Crippen molar-refractivity contribution in [2.24, 2.45) is 5.92 Å². The fourth-order valence-corrected chi connectivity index (χ4v) is 2.03. The van der Waals surface area contributed by atoms with Crippen molar-refractivity contribution in [1.29, 1.82) is 0 Å². The van der Waals surface area contributed by atoms with Crippen molar-refractivity contribution in [3.8, 4) is 5.75 Å². The van der Waals surface area contributed by atoms with Crippen molar-refractivity contribution in [2.45, 2.75) is 6.42 Å². The molecule has 1 saturated heterocycles. The maximum atomic E-state index is 13.6. The number of nitrogens with one attached hydrogen (secondary N) is 2. The molecular formula is C13H18ClFN2O2. The van der Waals surface area contributed by atoms with Gasteiger partial charge in [0, 0.05) is 12.6 Å². The number of carbonyl (C=O) groups excluding carboxylic acids is 1. The van der Waals surface area contributed by atoms with Crippen LogP contribution in [0, 0.1) is 11.7 Å². The standard InChI is InChI=1S/C13H17FN2O2.ClH/c1-18-10-2-3-11(12(14)6-10)13(17)16-8-9-4-5-15-7-9;/h2-3,6,9,15H,4-5,7-8H2,1H3,(H,16,17);1H. The number of carbonyl (C=O) groups is 1. The Labute approximate surface area is 118 Å². The number of benzene rings is 1. The molecule has 1 fully saturated rings. The second-order valence-corrected chi connectivity index (χ2v) is 4.41. The van der Waals surface area contributed by atoms with E-state index < -0.39 is 5.82 Å². The first-order valence-corrected chi connectivity index (χ1v) is 6.03. The van der Waals surface area contributed by atoms with Crippen LogP contribution in [0.1, 0.15) is 16.8 Å². The van der Waals surface area contributed by atoms with Crippen LogP contribution in [-0.4, -0.2) is 32.7 Å². The lowest BCUT2D eigenvalue weighted by Crippen LogP contribution is -2.30. The van der Waals surface area contributed by atoms with Crippen LogP contribution in [0.2, 0.25) is 0 Å². The molecule has 1 amide bonds. The smallest absolute Gasteiger partial charge is 0.254 e. The van der Waals surface area contributed by atoms with Gasteiger partial charge in [0.2, 0.25) is 0 Å². The first-order chi connectivity index (χ1) is 8.70. The van der Waals surface area contributed by atoms with E-state index in [1.54, 1.807) is 6.07 Å². The number of halogens is 2. The van der Waals surface area contributed by atoms with Crippen LogP contribution < -0.4 is 15.4 Å². The fraction of sp³-hybridized carbons (Fsp3) is 0.462. The van der Waals surface area contributed by atoms with E-state index in [1.165, 1.54) is 19.2 Å². The van der Waals surface area contributed by atoms with E-state index in [0.717, 1.165) is 19.5 Å². The normalized spacial score (nSPS) is 17.7. The molecule has 0 aromatic heterocycles. The Balaban J connectivity index is 0.00000180. The zero-order valence-electron chi connectivity index (χ0n) is 10.7. The highest BCUT2D eigenvalue weighted by atomic mass is 35.5. The zero-order valence-corrected chi connectivity index (χ0v) is 11.6. The SMILES string of the molecule is COc1ccc(C(=O)NCC2CCNC2)c(F)c1.Cl. The van der Waals surface area contributed by atoms with E-state index >= 15 is 0 Å². The maximum absolute atomic E-state index is 13.6. The first kappa shape index (κ1) is 15.7. The van der Waals surface area contributed by atoms with E-state index in [2.05, 4.69) is 10.6 Å². The largest absolute Gasteiger partial charge is 0.497 e. The van der Waals surface area contributed by atoms with E-state index in [0.29, 0.717) is 18.2 Å². The van der Waals surface area contributed by atoms with E-state index in [-0.39, 0.29) is 23.9 Å². The second-order valence-electron chi connectivity index (χ2n) is 4.41. The van der Waals surface area contributed by atoms with E-state index in [1.807, 2.05) is 0 Å². The Kier molecular flexibility index (Phi) is 6.05. The Morgan fingerprint density at radius 1 is 1.58 bits per heavy atom. The molecule has 1 aliphatic rings. The molecule has 1 unspecified atom stereocenters. The summed E-state index contributed by atoms with van der Waals surface area (Å²) in [5.41, 5.74) is 0.0572. The summed E-state index contributed by atoms with van der Waals surface area (Å²) in [7, 11) is 1.46. The summed E-state index contributed by atoms with van der Waals surface area (Å²) in [5.74, 6) is -0.0854. The third kappa shape index (κ3) is 4.08. The number of hydrogen-bond donors (Lipinski definition) is 2. The minimum atomic E-state index is -0.559. The molecule has 1 aliphatic heterocycles. The number of ether oxygens (including phenoxy) is 1. The highest BCUT2D eigenvalue weighted by molar-refractivity contribution is 5.94. The molecule has 6 heteroatoms. The molecule has 2 rings (SSSR count). The number of rotatable bonds is 4. The summed E-state index contributed by atoms with van der Waals surface area (Å²) in [5, 5.41) is 5.98. The Morgan fingerprint density at radius 3 is 2.95 bits per heavy atom. The van der Waals surface area contributed by atoms with Crippen LogP contribution >= 0.6 is 12.4 Å². The Morgan fingerprint density at radius 2 is 2.37 bits per heavy atom. The zero-order chi connectivity index (χ0) is 13.0. The van der Waals surface area contributed by atoms with Gasteiger partial charge in [0.05, 0.1) is 12.7 Å². The molecule has 106 valence electrons. The predicted molar refractivity (Wildman–Crippen MR) is 73.5 cm³/mol. The summed E-state index contributed by atoms with van der Waals surface area (Å²) in [6, 6.07) is 4.23. The van der Waals surface area contributed by atoms with Gasteiger partial charge in [-0.1, -0.05) is 0 Å². The van der Waals surface area contributed by atoms with Gasteiger partial charge in [-0.05, 0) is 37.6 Å². The molecule has 0 radical (unpaired) electrons. The lowest BCUT2D eigenvalue weighted by atomic mass is 10.1. The fourth-order valence-electron chi connectivity index (χ4n) is 2.03. The molecule has 1 aromatic rings. The van der Waals surface area contributed by atoms with Crippen molar-refractivity contribution in [2.75, 3.05) is 26.7 Å². The first-order valence-electron chi connectivity index (χ1n) is 6.03. The molecule has 1 heterocycles. The van der Waals surface area contributed by atoms with E-state index in [4.69, 9.17) is 4.74 Å². The molecule has 0 aliphatic carbocycles. The number of amides is 1. The monoisotopic (exact) mass is 288 g/mol. The van der Waals surface area contributed by atoms with Crippen molar-refractivity contribution in [3.05, 3.63) is 29.6 Å². The highest BCUT2D eigenvalue weighted by Crippen LogP contribution is 2.16. The summed E-state index contributed by atoms with van der Waals surface area (Å²) in [6.45, 7) is 2.47. The van der Waals surface area contributed by atoms with Crippen LogP contribution in [0.4, 0.5) is 4.39 Å². The molecule has 0 saturated carbocycles. The van der Waals surface area contributed by atoms with Crippen molar-refractivity contribution >= 4 is 18.3 Å². The van der Waals surface area contributed by atoms with Gasteiger partial charge in [0.1, 0.15) is 11.6 Å². The van der Waals surface area contributed by atoms with Crippen LogP contribution in [-0.2, 0) is 0 Å². The molecule has 2 N–H and O–H groups in total. The molecule has 1 aromatic carbocycles. The number of methoxy groups -OCH3 is 1. The van der Waals surface area contributed by atoms with Crippen LogP contribution in [0.3, 0.4) is 0 Å². The lowest BCUT2D eigenvalue weighted by Gasteiger charge is -2.11. The third-order valence-corrected chi connectivity index (χ3v) is 3.13. The third-order valence-electron chi connectivity index (χ3n) is 3.13. The van der Waals surface area contributed by atoms with Gasteiger partial charge in [0.25, 0.3) is 5.91 Å². The number of hydrogen-bond acceptors (Lipinski definition) is 3. The van der Waals surface area contributed by atoms with Crippen molar-refractivity contribution < 1.29 is 13.9 Å². The lowest BCUT2D eigenvalue weighted by molar-refractivity contribution is 0.0944. The summed E-state index contributed by atoms with van der Waals surface area (Å²) < 4.78 is 18.5. The highest BCUT2D eigenvalue weighted by Gasteiger charge is 2.17. The van der Waals surface area contributed by atoms with Gasteiger partial charge >= 0.3 is 0 Å². The van der Waals surface area contributed by atoms with Gasteiger partial charge in [-0.15, -0.1) is 12.4 Å². The molecule has 0 bridgehead atoms. The van der Waals surface area contributed by atoms with Gasteiger partial charge in [-0.25, -0.2) is 4.39 Å². The molecule has 19 heavy (non-hydrogen) atoms. The van der Waals surface area contributed by atoms with Gasteiger partial charge < -0.3 is 15.4 Å². The van der Waals surface area contributed by atoms with Crippen LogP contribution in [0.25, 0.3) is 0 Å². The van der Waals surface area contributed by atoms with Crippen molar-refractivity contribution in [3.63, 3.8) is 0 Å². The Hall–Kier alpha value is -1.33. The molecule has 4 nitrogen and oxygen atoms in total. The maximum Gasteiger partial charge on any atom is 0.254 e. The summed E-state index contributed by atoms with van der Waals surface area (Å²) >= 11 is 0. The van der Waals surface area contributed by atoms with Crippen LogP contribution in [0.15, 0.2) is 18.2 Å². The predicted octanol–water partition coefficient (Wildman–Crippen LogP) is 1.60. The summed E-state index contributed by atoms with van der Waals surface area (Å²) in [4.78, 5) is 11.8.